The Morgan fingerprint density at radius 3 is 2.93 bits per heavy atom. The van der Waals surface area contributed by atoms with Gasteiger partial charge in [-0.3, -0.25) is 4.79 Å². The Bertz CT molecular complexity index is 886. The van der Waals surface area contributed by atoms with Crippen LogP contribution < -0.4 is 10.2 Å². The lowest BCUT2D eigenvalue weighted by Crippen LogP contribution is -2.37. The van der Waals surface area contributed by atoms with Crippen LogP contribution in [0.1, 0.15) is 17.8 Å². The Labute approximate surface area is 157 Å². The fourth-order valence-corrected chi connectivity index (χ4v) is 3.07. The molecule has 140 valence electrons. The molecule has 1 aliphatic heterocycles. The molecule has 1 amide bonds. The molecule has 0 saturated carbocycles. The van der Waals surface area contributed by atoms with Crippen molar-refractivity contribution in [2.45, 2.75) is 19.4 Å². The van der Waals surface area contributed by atoms with Gasteiger partial charge < -0.3 is 19.4 Å². The van der Waals surface area contributed by atoms with Crippen molar-refractivity contribution in [2.75, 3.05) is 31.2 Å². The Morgan fingerprint density at radius 1 is 1.19 bits per heavy atom. The van der Waals surface area contributed by atoms with Crippen LogP contribution in [0.15, 0.2) is 43.0 Å². The van der Waals surface area contributed by atoms with E-state index in [-0.39, 0.29) is 5.91 Å². The number of pyridine rings is 1. The molecule has 8 heteroatoms. The fourth-order valence-electron chi connectivity index (χ4n) is 3.07. The highest BCUT2D eigenvalue weighted by Crippen LogP contribution is 2.13. The van der Waals surface area contributed by atoms with Crippen molar-refractivity contribution in [3.05, 3.63) is 54.4 Å². The molecule has 0 aromatic carbocycles. The summed E-state index contributed by atoms with van der Waals surface area (Å²) in [5.74, 6) is 0.862. The molecule has 0 unspecified atom stereocenters. The largest absolute Gasteiger partial charge is 0.378 e. The van der Waals surface area contributed by atoms with E-state index in [1.165, 1.54) is 0 Å². The molecule has 8 nitrogen and oxygen atoms in total. The molecular weight excluding hydrogens is 344 g/mol. The first-order chi connectivity index (χ1) is 13.3. The van der Waals surface area contributed by atoms with E-state index < -0.39 is 0 Å². The van der Waals surface area contributed by atoms with Gasteiger partial charge in [-0.2, -0.15) is 0 Å². The number of carbonyl (C=O) groups excluding carboxylic acids is 1. The fraction of sp³-hybridized carbons (Fsp3) is 0.368. The van der Waals surface area contributed by atoms with Crippen molar-refractivity contribution in [2.24, 2.45) is 0 Å². The predicted octanol–water partition coefficient (Wildman–Crippen LogP) is 1.21. The number of nitrogens with zero attached hydrogens (tertiary/aromatic N) is 5. The summed E-state index contributed by atoms with van der Waals surface area (Å²) in [6.07, 6.45) is 6.46. The van der Waals surface area contributed by atoms with E-state index in [1.807, 2.05) is 41.1 Å². The maximum Gasteiger partial charge on any atom is 0.220 e. The van der Waals surface area contributed by atoms with E-state index in [0.717, 1.165) is 35.9 Å². The number of rotatable bonds is 6. The first-order valence-electron chi connectivity index (χ1n) is 9.11. The molecule has 4 rings (SSSR count). The Balaban J connectivity index is 1.28. The number of hydrogen-bond acceptors (Lipinski definition) is 6. The quantitative estimate of drug-likeness (QED) is 0.706. The number of carbonyl (C=O) groups is 1. The van der Waals surface area contributed by atoms with Crippen molar-refractivity contribution in [1.82, 2.24) is 24.7 Å². The zero-order valence-corrected chi connectivity index (χ0v) is 15.0. The number of amides is 1. The lowest BCUT2D eigenvalue weighted by atomic mass is 10.2. The van der Waals surface area contributed by atoms with Crippen LogP contribution in [-0.2, 0) is 22.5 Å². The van der Waals surface area contributed by atoms with Crippen molar-refractivity contribution < 1.29 is 9.53 Å². The summed E-state index contributed by atoms with van der Waals surface area (Å²) in [6.45, 7) is 3.45. The monoisotopic (exact) mass is 366 g/mol. The number of morpholine rings is 1. The number of aromatic nitrogens is 4. The summed E-state index contributed by atoms with van der Waals surface area (Å²) in [7, 11) is 0. The molecule has 3 aromatic heterocycles. The van der Waals surface area contributed by atoms with Gasteiger partial charge in [0.05, 0.1) is 31.1 Å². The van der Waals surface area contributed by atoms with Crippen LogP contribution in [0.2, 0.25) is 0 Å². The lowest BCUT2D eigenvalue weighted by Gasteiger charge is -2.27. The van der Waals surface area contributed by atoms with Crippen LogP contribution in [-0.4, -0.2) is 51.6 Å². The molecule has 0 aliphatic carbocycles. The second-order valence-corrected chi connectivity index (χ2v) is 6.44. The minimum atomic E-state index is -0.0152. The van der Waals surface area contributed by atoms with Crippen LogP contribution >= 0.6 is 0 Å². The normalized spacial score (nSPS) is 14.4. The average molecular weight is 366 g/mol. The molecule has 4 heterocycles. The predicted molar refractivity (Wildman–Crippen MR) is 100 cm³/mol. The molecule has 0 spiro atoms. The first-order valence-corrected chi connectivity index (χ1v) is 9.11. The first kappa shape index (κ1) is 17.4. The number of anilines is 1. The second-order valence-electron chi connectivity index (χ2n) is 6.44. The third-order valence-electron chi connectivity index (χ3n) is 4.53. The maximum atomic E-state index is 12.2. The van der Waals surface area contributed by atoms with Crippen molar-refractivity contribution in [1.29, 1.82) is 0 Å². The highest BCUT2D eigenvalue weighted by Gasteiger charge is 2.13. The second kappa shape index (κ2) is 8.13. The molecule has 3 aromatic rings. The van der Waals surface area contributed by atoms with Crippen LogP contribution in [0.25, 0.3) is 5.65 Å². The van der Waals surface area contributed by atoms with Gasteiger partial charge in [0.2, 0.25) is 5.91 Å². The summed E-state index contributed by atoms with van der Waals surface area (Å²) in [5, 5.41) is 2.93. The van der Waals surface area contributed by atoms with Crippen molar-refractivity contribution in [3.8, 4) is 0 Å². The van der Waals surface area contributed by atoms with E-state index in [1.54, 1.807) is 6.33 Å². The van der Waals surface area contributed by atoms with Crippen LogP contribution in [0.5, 0.6) is 0 Å². The van der Waals surface area contributed by atoms with E-state index in [4.69, 9.17) is 4.74 Å². The van der Waals surface area contributed by atoms with Crippen LogP contribution in [0.4, 0.5) is 5.82 Å². The van der Waals surface area contributed by atoms with Gasteiger partial charge in [-0.1, -0.05) is 6.07 Å². The molecule has 1 fully saturated rings. The van der Waals surface area contributed by atoms with Crippen LogP contribution in [0, 0.1) is 0 Å². The maximum absolute atomic E-state index is 12.2. The van der Waals surface area contributed by atoms with Crippen molar-refractivity contribution in [3.63, 3.8) is 0 Å². The van der Waals surface area contributed by atoms with Gasteiger partial charge in [0, 0.05) is 38.0 Å². The molecule has 27 heavy (non-hydrogen) atoms. The number of imidazole rings is 1. The van der Waals surface area contributed by atoms with Gasteiger partial charge in [0.1, 0.15) is 17.8 Å². The van der Waals surface area contributed by atoms with E-state index >= 15 is 0 Å². The van der Waals surface area contributed by atoms with Gasteiger partial charge in [-0.15, -0.1) is 0 Å². The summed E-state index contributed by atoms with van der Waals surface area (Å²) in [6, 6.07) is 7.78. The molecule has 0 radical (unpaired) electrons. The average Bonchev–Trinajstić information content (AvgIpc) is 3.15. The zero-order valence-electron chi connectivity index (χ0n) is 15.0. The topological polar surface area (TPSA) is 84.7 Å². The lowest BCUT2D eigenvalue weighted by molar-refractivity contribution is -0.121. The van der Waals surface area contributed by atoms with E-state index in [0.29, 0.717) is 32.6 Å². The smallest absolute Gasteiger partial charge is 0.220 e. The van der Waals surface area contributed by atoms with E-state index in [9.17, 15) is 4.79 Å². The molecule has 0 bridgehead atoms. The standard InChI is InChI=1S/C19H22N6O2/c26-19(5-4-15-13-25-6-2-1-3-17(25)23-15)20-12-16-11-18(22-14-21-16)24-7-9-27-10-8-24/h1-3,6,11,13-14H,4-5,7-10,12H2,(H,20,26). The molecule has 1 saturated heterocycles. The number of aryl methyl sites for hydroxylation is 1. The molecular formula is C19H22N6O2. The third kappa shape index (κ3) is 4.40. The van der Waals surface area contributed by atoms with Crippen LogP contribution in [0.3, 0.4) is 0 Å². The van der Waals surface area contributed by atoms with E-state index in [2.05, 4.69) is 25.2 Å². The SMILES string of the molecule is O=C(CCc1cn2ccccc2n1)NCc1cc(N2CCOCC2)ncn1. The summed E-state index contributed by atoms with van der Waals surface area (Å²) in [4.78, 5) is 27.4. The van der Waals surface area contributed by atoms with Gasteiger partial charge >= 0.3 is 0 Å². The minimum absolute atomic E-state index is 0.0152. The summed E-state index contributed by atoms with van der Waals surface area (Å²) in [5.41, 5.74) is 2.60. The molecule has 1 N–H and O–H groups in total. The number of fused-ring (bicyclic) bond motifs is 1. The van der Waals surface area contributed by atoms with Gasteiger partial charge in [-0.05, 0) is 18.6 Å². The molecule has 0 atom stereocenters. The Morgan fingerprint density at radius 2 is 2.07 bits per heavy atom. The van der Waals surface area contributed by atoms with Gasteiger partial charge in [0.15, 0.2) is 0 Å². The zero-order chi connectivity index (χ0) is 18.5. The minimum Gasteiger partial charge on any atom is -0.378 e. The summed E-state index contributed by atoms with van der Waals surface area (Å²) >= 11 is 0. The number of nitrogens with one attached hydrogen (secondary N) is 1. The Kier molecular flexibility index (Phi) is 5.24. The Hall–Kier alpha value is -3.00. The van der Waals surface area contributed by atoms with Gasteiger partial charge in [0.25, 0.3) is 0 Å². The number of hydrogen-bond donors (Lipinski definition) is 1. The molecule has 1 aliphatic rings. The van der Waals surface area contributed by atoms with Crippen molar-refractivity contribution >= 4 is 17.4 Å². The summed E-state index contributed by atoms with van der Waals surface area (Å²) < 4.78 is 7.32. The number of ether oxygens (including phenoxy) is 1. The van der Waals surface area contributed by atoms with Gasteiger partial charge in [-0.25, -0.2) is 15.0 Å². The highest BCUT2D eigenvalue weighted by atomic mass is 16.5. The highest BCUT2D eigenvalue weighted by molar-refractivity contribution is 5.76. The third-order valence-corrected chi connectivity index (χ3v) is 4.53.